The Morgan fingerprint density at radius 1 is 1.09 bits per heavy atom. The molecule has 1 atom stereocenters. The van der Waals surface area contributed by atoms with Gasteiger partial charge in [-0.3, -0.25) is 19.8 Å². The van der Waals surface area contributed by atoms with Crippen molar-refractivity contribution in [3.8, 4) is 0 Å². The van der Waals surface area contributed by atoms with Gasteiger partial charge < -0.3 is 15.0 Å². The molecular formula is C24H32F2N4O4. The number of carbonyl (C=O) groups is 3. The van der Waals surface area contributed by atoms with Crippen LogP contribution >= 0.6 is 0 Å². The number of anilines is 1. The molecule has 0 aromatic heterocycles. The number of piperazine rings is 1. The number of hydrogen-bond acceptors (Lipinski definition) is 6. The van der Waals surface area contributed by atoms with Crippen LogP contribution in [0, 0.1) is 11.6 Å². The van der Waals surface area contributed by atoms with Gasteiger partial charge in [-0.1, -0.05) is 0 Å². The second-order valence-corrected chi connectivity index (χ2v) is 10.3. The molecule has 0 bridgehead atoms. The van der Waals surface area contributed by atoms with Crippen molar-refractivity contribution in [1.82, 2.24) is 15.1 Å². The van der Waals surface area contributed by atoms with Crippen molar-refractivity contribution < 1.29 is 27.9 Å². The molecule has 1 aromatic rings. The number of amides is 3. The van der Waals surface area contributed by atoms with E-state index in [1.54, 1.807) is 4.90 Å². The van der Waals surface area contributed by atoms with Gasteiger partial charge in [0.05, 0.1) is 5.92 Å². The molecule has 2 saturated heterocycles. The van der Waals surface area contributed by atoms with Crippen molar-refractivity contribution >= 4 is 23.6 Å². The van der Waals surface area contributed by atoms with Gasteiger partial charge in [0.15, 0.2) is 0 Å². The lowest BCUT2D eigenvalue weighted by atomic mass is 9.84. The average molecular weight is 479 g/mol. The van der Waals surface area contributed by atoms with Crippen molar-refractivity contribution in [2.75, 3.05) is 31.5 Å². The molecule has 0 radical (unpaired) electrons. The topological polar surface area (TPSA) is 91.0 Å². The minimum Gasteiger partial charge on any atom is -0.444 e. The molecule has 10 heteroatoms. The molecular weight excluding hydrogens is 446 g/mol. The third-order valence-electron chi connectivity index (χ3n) is 6.63. The lowest BCUT2D eigenvalue weighted by Crippen LogP contribution is -2.57. The van der Waals surface area contributed by atoms with Gasteiger partial charge in [-0.05, 0) is 52.2 Å². The Bertz CT molecular complexity index is 943. The fourth-order valence-corrected chi connectivity index (χ4v) is 4.81. The molecule has 1 aliphatic carbocycles. The quantitative estimate of drug-likeness (QED) is 0.647. The zero-order valence-electron chi connectivity index (χ0n) is 19.8. The van der Waals surface area contributed by atoms with Gasteiger partial charge in [0, 0.05) is 55.9 Å². The molecule has 2 N–H and O–H groups in total. The van der Waals surface area contributed by atoms with E-state index in [4.69, 9.17) is 4.74 Å². The number of benzene rings is 1. The van der Waals surface area contributed by atoms with Gasteiger partial charge in [-0.2, -0.15) is 0 Å². The van der Waals surface area contributed by atoms with Crippen LogP contribution in [-0.4, -0.2) is 71.6 Å². The molecule has 0 spiro atoms. The van der Waals surface area contributed by atoms with Crippen LogP contribution in [0.25, 0.3) is 0 Å². The third-order valence-corrected chi connectivity index (χ3v) is 6.63. The molecule has 2 heterocycles. The standard InChI is InChI=1S/C24H32F2N4O4/c1-24(2,3)34-23(33)30-8-6-29(7-9-30)16-10-14(11-16)27-15-12-18(25)21(19(26)13-15)17-4-5-20(31)28-22(17)32/h12-14,16-17,27H,4-11H2,1-3H3,(H,28,31,32)/t14?,16?,17-/m1/s1. The number of piperidine rings is 1. The first kappa shape index (κ1) is 24.4. The summed E-state index contributed by atoms with van der Waals surface area (Å²) in [4.78, 5) is 39.6. The fourth-order valence-electron chi connectivity index (χ4n) is 4.81. The van der Waals surface area contributed by atoms with Gasteiger partial charge in [0.2, 0.25) is 11.8 Å². The van der Waals surface area contributed by atoms with Crippen molar-refractivity contribution in [3.05, 3.63) is 29.3 Å². The number of hydrogen-bond donors (Lipinski definition) is 2. The van der Waals surface area contributed by atoms with Crippen LogP contribution in [0.4, 0.5) is 19.3 Å². The molecule has 4 rings (SSSR count). The van der Waals surface area contributed by atoms with E-state index in [9.17, 15) is 23.2 Å². The van der Waals surface area contributed by atoms with E-state index in [2.05, 4.69) is 15.5 Å². The van der Waals surface area contributed by atoms with E-state index in [1.165, 1.54) is 12.1 Å². The monoisotopic (exact) mass is 478 g/mol. The van der Waals surface area contributed by atoms with Crippen LogP contribution in [-0.2, 0) is 14.3 Å². The number of ether oxygens (including phenoxy) is 1. The Kier molecular flexibility index (Phi) is 6.80. The number of halogens is 2. The van der Waals surface area contributed by atoms with Gasteiger partial charge in [-0.15, -0.1) is 0 Å². The second kappa shape index (κ2) is 9.48. The second-order valence-electron chi connectivity index (χ2n) is 10.3. The Morgan fingerprint density at radius 2 is 1.71 bits per heavy atom. The molecule has 3 aliphatic rings. The van der Waals surface area contributed by atoms with Gasteiger partial charge in [0.1, 0.15) is 17.2 Å². The van der Waals surface area contributed by atoms with Crippen LogP contribution in [0.15, 0.2) is 12.1 Å². The predicted molar refractivity (Wildman–Crippen MR) is 121 cm³/mol. The van der Waals surface area contributed by atoms with Crippen molar-refractivity contribution in [1.29, 1.82) is 0 Å². The maximum Gasteiger partial charge on any atom is 0.410 e. The van der Waals surface area contributed by atoms with E-state index in [0.717, 1.165) is 25.9 Å². The molecule has 8 nitrogen and oxygen atoms in total. The van der Waals surface area contributed by atoms with Crippen LogP contribution in [0.3, 0.4) is 0 Å². The first-order valence-electron chi connectivity index (χ1n) is 11.8. The molecule has 3 amide bonds. The minimum atomic E-state index is -1.00. The summed E-state index contributed by atoms with van der Waals surface area (Å²) in [7, 11) is 0. The number of nitrogens with one attached hydrogen (secondary N) is 2. The van der Waals surface area contributed by atoms with Crippen molar-refractivity contribution in [2.45, 2.75) is 70.1 Å². The number of rotatable bonds is 4. The molecule has 1 aromatic carbocycles. The number of nitrogens with zero attached hydrogens (tertiary/aromatic N) is 2. The van der Waals surface area contributed by atoms with Crippen LogP contribution in [0.1, 0.15) is 57.9 Å². The molecule has 3 fully saturated rings. The zero-order valence-corrected chi connectivity index (χ0v) is 19.8. The minimum absolute atomic E-state index is 0.0603. The molecule has 2 aliphatic heterocycles. The third kappa shape index (κ3) is 5.48. The first-order chi connectivity index (χ1) is 16.0. The summed E-state index contributed by atoms with van der Waals surface area (Å²) in [5, 5.41) is 5.33. The van der Waals surface area contributed by atoms with E-state index < -0.39 is 35.0 Å². The largest absolute Gasteiger partial charge is 0.444 e. The lowest BCUT2D eigenvalue weighted by molar-refractivity contribution is -0.134. The van der Waals surface area contributed by atoms with Crippen LogP contribution < -0.4 is 10.6 Å². The number of imide groups is 1. The maximum absolute atomic E-state index is 14.7. The highest BCUT2D eigenvalue weighted by Gasteiger charge is 2.37. The molecule has 34 heavy (non-hydrogen) atoms. The zero-order chi connectivity index (χ0) is 24.6. The summed E-state index contributed by atoms with van der Waals surface area (Å²) in [5.41, 5.74) is -0.464. The predicted octanol–water partition coefficient (Wildman–Crippen LogP) is 2.98. The first-order valence-corrected chi connectivity index (χ1v) is 11.8. The summed E-state index contributed by atoms with van der Waals surface area (Å²) in [6, 6.07) is 2.88. The van der Waals surface area contributed by atoms with Gasteiger partial charge in [-0.25, -0.2) is 13.6 Å². The summed E-state index contributed by atoms with van der Waals surface area (Å²) >= 11 is 0. The Balaban J connectivity index is 1.27. The molecule has 0 unspecified atom stereocenters. The average Bonchev–Trinajstić information content (AvgIpc) is 2.70. The normalized spacial score (nSPS) is 26.0. The molecule has 186 valence electrons. The highest BCUT2D eigenvalue weighted by molar-refractivity contribution is 6.01. The van der Waals surface area contributed by atoms with Gasteiger partial charge in [0.25, 0.3) is 0 Å². The van der Waals surface area contributed by atoms with E-state index in [1.807, 2.05) is 20.8 Å². The highest BCUT2D eigenvalue weighted by Crippen LogP contribution is 2.34. The summed E-state index contributed by atoms with van der Waals surface area (Å²) in [6.45, 7) is 8.30. The lowest BCUT2D eigenvalue weighted by Gasteiger charge is -2.46. The maximum atomic E-state index is 14.7. The van der Waals surface area contributed by atoms with Crippen molar-refractivity contribution in [2.24, 2.45) is 0 Å². The van der Waals surface area contributed by atoms with Crippen LogP contribution in [0.5, 0.6) is 0 Å². The Morgan fingerprint density at radius 3 is 2.26 bits per heavy atom. The smallest absolute Gasteiger partial charge is 0.410 e. The number of carbonyl (C=O) groups excluding carboxylic acids is 3. The van der Waals surface area contributed by atoms with E-state index in [-0.39, 0.29) is 30.5 Å². The summed E-state index contributed by atoms with van der Waals surface area (Å²) < 4.78 is 34.9. The van der Waals surface area contributed by atoms with E-state index >= 15 is 0 Å². The highest BCUT2D eigenvalue weighted by atomic mass is 19.1. The van der Waals surface area contributed by atoms with E-state index in [0.29, 0.717) is 24.8 Å². The Labute approximate surface area is 198 Å². The van der Waals surface area contributed by atoms with Gasteiger partial charge >= 0.3 is 6.09 Å². The summed E-state index contributed by atoms with van der Waals surface area (Å²) in [6.07, 6.45) is 1.54. The van der Waals surface area contributed by atoms with Crippen LogP contribution in [0.2, 0.25) is 0 Å². The Hall–Kier alpha value is -2.75. The molecule has 1 saturated carbocycles. The SMILES string of the molecule is CC(C)(C)OC(=O)N1CCN(C2CC(Nc3cc(F)c([C@H]4CCC(=O)NC4=O)c(F)c3)C2)CC1. The summed E-state index contributed by atoms with van der Waals surface area (Å²) in [5.74, 6) is -3.66. The van der Waals surface area contributed by atoms with Crippen molar-refractivity contribution in [3.63, 3.8) is 0 Å². The fraction of sp³-hybridized carbons (Fsp3) is 0.625.